The third-order valence-corrected chi connectivity index (χ3v) is 3.52. The average Bonchev–Trinajstić information content (AvgIpc) is 2.91. The van der Waals surface area contributed by atoms with Crippen LogP contribution in [0.1, 0.15) is 53.4 Å². The van der Waals surface area contributed by atoms with Crippen molar-refractivity contribution >= 4 is 17.7 Å². The van der Waals surface area contributed by atoms with Gasteiger partial charge in [0.25, 0.3) is 0 Å². The van der Waals surface area contributed by atoms with Gasteiger partial charge in [-0.1, -0.05) is 20.8 Å². The Labute approximate surface area is 152 Å². The van der Waals surface area contributed by atoms with Crippen molar-refractivity contribution in [2.45, 2.75) is 53.2 Å². The highest BCUT2D eigenvalue weighted by molar-refractivity contribution is 6.28. The van der Waals surface area contributed by atoms with Crippen LogP contribution in [0.3, 0.4) is 0 Å². The molecule has 25 heavy (non-hydrogen) atoms. The summed E-state index contributed by atoms with van der Waals surface area (Å²) >= 11 is 5.72. The van der Waals surface area contributed by atoms with Crippen LogP contribution in [0, 0.1) is 5.41 Å². The fraction of sp³-hybridized carbons (Fsp3) is 0.529. The number of halogens is 1. The smallest absolute Gasteiger partial charge is 0.408 e. The quantitative estimate of drug-likeness (QED) is 0.797. The summed E-state index contributed by atoms with van der Waals surface area (Å²) in [6, 6.07) is -0.357. The van der Waals surface area contributed by atoms with Crippen LogP contribution in [0.2, 0.25) is 5.28 Å². The number of aromatic amines is 1. The van der Waals surface area contributed by atoms with E-state index in [0.717, 1.165) is 11.3 Å². The van der Waals surface area contributed by atoms with Crippen molar-refractivity contribution in [2.24, 2.45) is 5.41 Å². The molecule has 0 bridgehead atoms. The molecule has 8 heteroatoms. The summed E-state index contributed by atoms with van der Waals surface area (Å²) in [4.78, 5) is 27.8. The van der Waals surface area contributed by atoms with E-state index in [1.807, 2.05) is 41.5 Å². The summed E-state index contributed by atoms with van der Waals surface area (Å²) in [6.07, 6.45) is 4.41. The summed E-state index contributed by atoms with van der Waals surface area (Å²) in [7, 11) is 0. The van der Waals surface area contributed by atoms with Gasteiger partial charge in [0.05, 0.1) is 17.9 Å². The Balaban J connectivity index is 2.24. The Hall–Kier alpha value is -2.15. The Morgan fingerprint density at radius 3 is 2.24 bits per heavy atom. The zero-order chi connectivity index (χ0) is 18.8. The lowest BCUT2D eigenvalue weighted by molar-refractivity contribution is 0.0458. The number of amides is 1. The summed E-state index contributed by atoms with van der Waals surface area (Å²) in [5, 5.41) is 3.08. The van der Waals surface area contributed by atoms with Crippen LogP contribution in [0.4, 0.5) is 4.79 Å². The molecule has 0 spiro atoms. The third kappa shape index (κ3) is 5.42. The molecule has 0 aromatic carbocycles. The number of H-pyrrole nitrogens is 1. The van der Waals surface area contributed by atoms with Gasteiger partial charge < -0.3 is 15.0 Å². The minimum absolute atomic E-state index is 0.183. The molecule has 1 amide bonds. The van der Waals surface area contributed by atoms with Crippen molar-refractivity contribution in [3.63, 3.8) is 0 Å². The van der Waals surface area contributed by atoms with Crippen molar-refractivity contribution in [1.29, 1.82) is 0 Å². The maximum atomic E-state index is 12.2. The van der Waals surface area contributed by atoms with E-state index >= 15 is 0 Å². The number of rotatable bonds is 3. The topological polar surface area (TPSA) is 92.8 Å². The monoisotopic (exact) mass is 365 g/mol. The molecule has 2 aromatic rings. The van der Waals surface area contributed by atoms with Crippen LogP contribution in [-0.4, -0.2) is 31.6 Å². The zero-order valence-corrected chi connectivity index (χ0v) is 16.1. The van der Waals surface area contributed by atoms with Crippen LogP contribution in [0.15, 0.2) is 18.6 Å². The Morgan fingerprint density at radius 2 is 1.72 bits per heavy atom. The number of hydrogen-bond acceptors (Lipinski definition) is 5. The number of hydrogen-bond donors (Lipinski definition) is 2. The fourth-order valence-corrected chi connectivity index (χ4v) is 2.30. The SMILES string of the molecule is CC(C)(C)OC(=O)NC(c1ncc(-c2cnc(Cl)nc2)[nH]1)C(C)(C)C. The van der Waals surface area contributed by atoms with Gasteiger partial charge in [-0.2, -0.15) is 0 Å². The number of carbonyl (C=O) groups excluding carboxylic acids is 1. The zero-order valence-electron chi connectivity index (χ0n) is 15.3. The fourth-order valence-electron chi connectivity index (χ4n) is 2.20. The van der Waals surface area contributed by atoms with Crippen LogP contribution >= 0.6 is 11.6 Å². The van der Waals surface area contributed by atoms with Gasteiger partial charge in [0.15, 0.2) is 0 Å². The van der Waals surface area contributed by atoms with Gasteiger partial charge in [0.1, 0.15) is 11.4 Å². The second-order valence-electron chi connectivity index (χ2n) is 7.87. The lowest BCUT2D eigenvalue weighted by atomic mass is 9.86. The van der Waals surface area contributed by atoms with Crippen LogP contribution in [0.25, 0.3) is 11.3 Å². The first kappa shape index (κ1) is 19.2. The summed E-state index contributed by atoms with van der Waals surface area (Å²) in [5.41, 5.74) is 0.657. The van der Waals surface area contributed by atoms with Crippen molar-refractivity contribution in [1.82, 2.24) is 25.3 Å². The first-order valence-corrected chi connectivity index (χ1v) is 8.36. The van der Waals surface area contributed by atoms with E-state index in [0.29, 0.717) is 5.82 Å². The van der Waals surface area contributed by atoms with E-state index in [-0.39, 0.29) is 16.7 Å². The molecule has 0 aliphatic heterocycles. The third-order valence-electron chi connectivity index (χ3n) is 3.33. The van der Waals surface area contributed by atoms with Gasteiger partial charge in [-0.05, 0) is 37.8 Å². The molecule has 0 aliphatic rings. The molecule has 2 heterocycles. The molecule has 2 aromatic heterocycles. The molecule has 1 atom stereocenters. The molecule has 7 nitrogen and oxygen atoms in total. The van der Waals surface area contributed by atoms with Crippen molar-refractivity contribution in [2.75, 3.05) is 0 Å². The van der Waals surface area contributed by atoms with Gasteiger partial charge in [-0.15, -0.1) is 0 Å². The van der Waals surface area contributed by atoms with Crippen molar-refractivity contribution < 1.29 is 9.53 Å². The molecule has 0 fully saturated rings. The highest BCUT2D eigenvalue weighted by Crippen LogP contribution is 2.32. The lowest BCUT2D eigenvalue weighted by Gasteiger charge is -2.31. The Bertz CT molecular complexity index is 729. The number of alkyl carbamates (subject to hydrolysis) is 1. The van der Waals surface area contributed by atoms with Crippen LogP contribution in [-0.2, 0) is 4.74 Å². The summed E-state index contributed by atoms with van der Waals surface area (Å²) in [5.74, 6) is 0.628. The number of imidazole rings is 1. The molecular formula is C17H24ClN5O2. The Kier molecular flexibility index (Phi) is 5.37. The standard InChI is InChI=1S/C17H24ClN5O2/c1-16(2,3)12(23-15(24)25-17(4,5)6)13-19-9-11(22-13)10-7-20-14(18)21-8-10/h7-9,12H,1-6H3,(H,19,22)(H,23,24). The minimum atomic E-state index is -0.568. The largest absolute Gasteiger partial charge is 0.444 e. The van der Waals surface area contributed by atoms with Gasteiger partial charge in [-0.3, -0.25) is 0 Å². The normalized spacial score (nSPS) is 13.4. The number of nitrogens with zero attached hydrogens (tertiary/aromatic N) is 3. The van der Waals surface area contributed by atoms with Crippen molar-refractivity contribution in [3.8, 4) is 11.3 Å². The first-order valence-electron chi connectivity index (χ1n) is 7.98. The summed E-state index contributed by atoms with van der Waals surface area (Å²) < 4.78 is 5.36. The van der Waals surface area contributed by atoms with Gasteiger partial charge in [0, 0.05) is 18.0 Å². The Morgan fingerprint density at radius 1 is 1.12 bits per heavy atom. The van der Waals surface area contributed by atoms with Crippen LogP contribution in [0.5, 0.6) is 0 Å². The molecule has 0 saturated carbocycles. The van der Waals surface area contributed by atoms with E-state index in [1.165, 1.54) is 0 Å². The number of nitrogens with one attached hydrogen (secondary N) is 2. The van der Waals surface area contributed by atoms with E-state index in [1.54, 1.807) is 18.6 Å². The average molecular weight is 366 g/mol. The molecule has 0 radical (unpaired) electrons. The number of aromatic nitrogens is 4. The van der Waals surface area contributed by atoms with Gasteiger partial charge in [0.2, 0.25) is 5.28 Å². The predicted octanol–water partition coefficient (Wildman–Crippen LogP) is 4.13. The molecular weight excluding hydrogens is 342 g/mol. The van der Waals surface area contributed by atoms with Crippen molar-refractivity contribution in [3.05, 3.63) is 29.7 Å². The lowest BCUT2D eigenvalue weighted by Crippen LogP contribution is -2.40. The number of ether oxygens (including phenoxy) is 1. The van der Waals surface area contributed by atoms with E-state index in [9.17, 15) is 4.79 Å². The van der Waals surface area contributed by atoms with E-state index in [2.05, 4.69) is 25.3 Å². The highest BCUT2D eigenvalue weighted by atomic mass is 35.5. The molecule has 0 saturated heterocycles. The highest BCUT2D eigenvalue weighted by Gasteiger charge is 2.32. The maximum Gasteiger partial charge on any atom is 0.408 e. The predicted molar refractivity (Wildman–Crippen MR) is 96.2 cm³/mol. The first-order chi connectivity index (χ1) is 11.5. The van der Waals surface area contributed by atoms with Crippen LogP contribution < -0.4 is 5.32 Å². The van der Waals surface area contributed by atoms with E-state index in [4.69, 9.17) is 16.3 Å². The van der Waals surface area contributed by atoms with E-state index < -0.39 is 11.7 Å². The maximum absolute atomic E-state index is 12.2. The molecule has 1 unspecified atom stereocenters. The molecule has 2 rings (SSSR count). The second kappa shape index (κ2) is 7.00. The summed E-state index contributed by atoms with van der Waals surface area (Å²) in [6.45, 7) is 11.5. The van der Waals surface area contributed by atoms with Gasteiger partial charge in [-0.25, -0.2) is 19.7 Å². The molecule has 0 aliphatic carbocycles. The molecule has 2 N–H and O–H groups in total. The number of carbonyl (C=O) groups is 1. The van der Waals surface area contributed by atoms with Gasteiger partial charge >= 0.3 is 6.09 Å². The second-order valence-corrected chi connectivity index (χ2v) is 8.21. The molecule has 136 valence electrons. The minimum Gasteiger partial charge on any atom is -0.444 e.